The van der Waals surface area contributed by atoms with Gasteiger partial charge in [0.1, 0.15) is 0 Å². The highest BCUT2D eigenvalue weighted by molar-refractivity contribution is 8.00. The topological polar surface area (TPSA) is 32.3 Å². The first-order valence-corrected chi connectivity index (χ1v) is 8.99. The van der Waals surface area contributed by atoms with Gasteiger partial charge in [-0.2, -0.15) is 0 Å². The van der Waals surface area contributed by atoms with Crippen LogP contribution in [0.5, 0.6) is 0 Å². The van der Waals surface area contributed by atoms with E-state index in [1.165, 1.54) is 11.8 Å². The van der Waals surface area contributed by atoms with Gasteiger partial charge in [-0.25, -0.2) is 0 Å². The highest BCUT2D eigenvalue weighted by atomic mass is 35.5. The molecule has 7 heteroatoms. The maximum absolute atomic E-state index is 12.6. The van der Waals surface area contributed by atoms with Gasteiger partial charge in [-0.15, -0.1) is 24.2 Å². The van der Waals surface area contributed by atoms with Gasteiger partial charge in [0.2, 0.25) is 5.91 Å². The lowest BCUT2D eigenvalue weighted by Gasteiger charge is -2.27. The number of thioether (sulfide) groups is 1. The monoisotopic (exact) mass is 380 g/mol. The van der Waals surface area contributed by atoms with Gasteiger partial charge in [0.15, 0.2) is 0 Å². The molecule has 0 spiro atoms. The summed E-state index contributed by atoms with van der Waals surface area (Å²) in [5.74, 6) is 0.639. The van der Waals surface area contributed by atoms with Gasteiger partial charge in [0.25, 0.3) is 0 Å². The predicted octanol–water partition coefficient (Wildman–Crippen LogP) is 3.86. The Hall–Kier alpha value is -0.130. The van der Waals surface area contributed by atoms with Crippen LogP contribution >= 0.6 is 47.4 Å². The zero-order valence-electron chi connectivity index (χ0n) is 12.1. The summed E-state index contributed by atoms with van der Waals surface area (Å²) in [7, 11) is 0. The molecule has 1 aromatic carbocycles. The SMILES string of the molecule is Cl.O=C(CSc1cc(Cl)ccc1Cl)N1C2CCNCC1CC2. The lowest BCUT2D eigenvalue weighted by molar-refractivity contribution is -0.130. The third-order valence-corrected chi connectivity index (χ3v) is 5.90. The van der Waals surface area contributed by atoms with Crippen LogP contribution in [0.1, 0.15) is 19.3 Å². The molecule has 22 heavy (non-hydrogen) atoms. The molecule has 2 heterocycles. The third kappa shape index (κ3) is 4.04. The van der Waals surface area contributed by atoms with E-state index in [-0.39, 0.29) is 18.3 Å². The second-order valence-electron chi connectivity index (χ2n) is 5.54. The van der Waals surface area contributed by atoms with E-state index in [0.717, 1.165) is 37.2 Å². The average molecular weight is 382 g/mol. The molecule has 3 rings (SSSR count). The van der Waals surface area contributed by atoms with Gasteiger partial charge in [-0.3, -0.25) is 4.79 Å². The van der Waals surface area contributed by atoms with Crippen molar-refractivity contribution < 1.29 is 4.79 Å². The van der Waals surface area contributed by atoms with Crippen LogP contribution in [-0.2, 0) is 4.79 Å². The first kappa shape index (κ1) is 18.2. The fraction of sp³-hybridized carbons (Fsp3) is 0.533. The van der Waals surface area contributed by atoms with E-state index in [1.807, 2.05) is 6.07 Å². The number of hydrogen-bond acceptors (Lipinski definition) is 3. The summed E-state index contributed by atoms with van der Waals surface area (Å²) in [6.45, 7) is 1.93. The number of halogens is 3. The summed E-state index contributed by atoms with van der Waals surface area (Å²) < 4.78 is 0. The lowest BCUT2D eigenvalue weighted by Crippen LogP contribution is -2.43. The van der Waals surface area contributed by atoms with E-state index < -0.39 is 0 Å². The molecule has 2 saturated heterocycles. The van der Waals surface area contributed by atoms with Crippen LogP contribution in [-0.4, -0.2) is 41.7 Å². The quantitative estimate of drug-likeness (QED) is 0.807. The molecule has 2 bridgehead atoms. The van der Waals surface area contributed by atoms with Gasteiger partial charge in [-0.05, 0) is 44.0 Å². The highest BCUT2D eigenvalue weighted by Crippen LogP contribution is 2.32. The smallest absolute Gasteiger partial charge is 0.233 e. The van der Waals surface area contributed by atoms with E-state index in [2.05, 4.69) is 10.2 Å². The van der Waals surface area contributed by atoms with Gasteiger partial charge in [0.05, 0.1) is 10.8 Å². The Kier molecular flexibility index (Phi) is 6.72. The highest BCUT2D eigenvalue weighted by Gasteiger charge is 2.37. The Morgan fingerprint density at radius 1 is 1.27 bits per heavy atom. The van der Waals surface area contributed by atoms with Gasteiger partial charge in [-0.1, -0.05) is 23.2 Å². The molecule has 122 valence electrons. The molecule has 0 radical (unpaired) electrons. The summed E-state index contributed by atoms with van der Waals surface area (Å²) in [6.07, 6.45) is 3.32. The lowest BCUT2D eigenvalue weighted by atomic mass is 10.1. The maximum Gasteiger partial charge on any atom is 0.233 e. The van der Waals surface area contributed by atoms with Crippen LogP contribution < -0.4 is 5.32 Å². The van der Waals surface area contributed by atoms with E-state index in [1.54, 1.807) is 12.1 Å². The summed E-state index contributed by atoms with van der Waals surface area (Å²) in [5.41, 5.74) is 0. The summed E-state index contributed by atoms with van der Waals surface area (Å²) in [4.78, 5) is 15.6. The molecule has 0 aromatic heterocycles. The molecule has 1 N–H and O–H groups in total. The van der Waals surface area contributed by atoms with Gasteiger partial charge < -0.3 is 10.2 Å². The fourth-order valence-electron chi connectivity index (χ4n) is 3.19. The number of amides is 1. The van der Waals surface area contributed by atoms with Crippen molar-refractivity contribution in [3.63, 3.8) is 0 Å². The second kappa shape index (κ2) is 8.11. The minimum Gasteiger partial charge on any atom is -0.335 e. The molecule has 1 aromatic rings. The van der Waals surface area contributed by atoms with Crippen molar-refractivity contribution in [2.24, 2.45) is 0 Å². The first-order valence-electron chi connectivity index (χ1n) is 7.25. The third-order valence-electron chi connectivity index (χ3n) is 4.19. The van der Waals surface area contributed by atoms with Crippen molar-refractivity contribution >= 4 is 53.3 Å². The van der Waals surface area contributed by atoms with E-state index in [4.69, 9.17) is 23.2 Å². The van der Waals surface area contributed by atoms with Gasteiger partial charge in [0, 0.05) is 28.5 Å². The number of benzene rings is 1. The minimum absolute atomic E-state index is 0. The number of rotatable bonds is 3. The van der Waals surface area contributed by atoms with Crippen molar-refractivity contribution in [1.82, 2.24) is 10.2 Å². The van der Waals surface area contributed by atoms with Crippen LogP contribution in [0.2, 0.25) is 10.0 Å². The largest absolute Gasteiger partial charge is 0.335 e. The zero-order chi connectivity index (χ0) is 14.8. The van der Waals surface area contributed by atoms with Gasteiger partial charge >= 0.3 is 0 Å². The number of hydrogen-bond donors (Lipinski definition) is 1. The number of carbonyl (C=O) groups is 1. The van der Waals surface area contributed by atoms with Crippen molar-refractivity contribution in [2.75, 3.05) is 18.8 Å². The van der Waals surface area contributed by atoms with Crippen LogP contribution in [0.15, 0.2) is 23.1 Å². The molecule has 2 unspecified atom stereocenters. The van der Waals surface area contributed by atoms with Crippen molar-refractivity contribution in [3.05, 3.63) is 28.2 Å². The number of fused-ring (bicyclic) bond motifs is 2. The molecule has 0 saturated carbocycles. The number of carbonyl (C=O) groups excluding carboxylic acids is 1. The summed E-state index contributed by atoms with van der Waals surface area (Å²) in [5, 5.41) is 4.71. The molecule has 0 aliphatic carbocycles. The molecule has 2 aliphatic heterocycles. The zero-order valence-corrected chi connectivity index (χ0v) is 15.2. The molecule has 2 atom stereocenters. The molecule has 3 nitrogen and oxygen atoms in total. The Bertz CT molecular complexity index is 530. The minimum atomic E-state index is 0. The number of nitrogens with one attached hydrogen (secondary N) is 1. The Morgan fingerprint density at radius 3 is 2.86 bits per heavy atom. The molecule has 1 amide bonds. The maximum atomic E-state index is 12.6. The number of nitrogens with zero attached hydrogens (tertiary/aromatic N) is 1. The van der Waals surface area contributed by atoms with E-state index >= 15 is 0 Å². The van der Waals surface area contributed by atoms with Crippen LogP contribution in [0.3, 0.4) is 0 Å². The molecule has 2 fully saturated rings. The average Bonchev–Trinajstić information content (AvgIpc) is 2.73. The van der Waals surface area contributed by atoms with E-state index in [9.17, 15) is 4.79 Å². The standard InChI is InChI=1S/C15H18Cl2N2OS.ClH/c16-10-1-4-13(17)14(7-10)21-9-15(20)19-11-2-3-12(19)8-18-6-5-11;/h1,4,7,11-12,18H,2-3,5-6,8-9H2;1H. The van der Waals surface area contributed by atoms with Crippen LogP contribution in [0.25, 0.3) is 0 Å². The molecular formula is C15H19Cl3N2OS. The summed E-state index contributed by atoms with van der Waals surface area (Å²) >= 11 is 13.6. The van der Waals surface area contributed by atoms with Crippen molar-refractivity contribution in [1.29, 1.82) is 0 Å². The van der Waals surface area contributed by atoms with Crippen LogP contribution in [0, 0.1) is 0 Å². The Labute approximate surface area is 151 Å². The second-order valence-corrected chi connectivity index (χ2v) is 7.40. The van der Waals surface area contributed by atoms with E-state index in [0.29, 0.717) is 27.9 Å². The molecular weight excluding hydrogens is 363 g/mol. The fourth-order valence-corrected chi connectivity index (χ4v) is 4.55. The Morgan fingerprint density at radius 2 is 2.05 bits per heavy atom. The Balaban J connectivity index is 0.00000176. The van der Waals surface area contributed by atoms with Crippen LogP contribution in [0.4, 0.5) is 0 Å². The molecule has 2 aliphatic rings. The van der Waals surface area contributed by atoms with Crippen molar-refractivity contribution in [3.8, 4) is 0 Å². The predicted molar refractivity (Wildman–Crippen MR) is 95.6 cm³/mol. The first-order chi connectivity index (χ1) is 10.1. The summed E-state index contributed by atoms with van der Waals surface area (Å²) in [6, 6.07) is 6.13. The normalized spacial score (nSPS) is 23.8. The van der Waals surface area contributed by atoms with Crippen molar-refractivity contribution in [2.45, 2.75) is 36.2 Å².